The van der Waals surface area contributed by atoms with E-state index in [0.717, 1.165) is 12.1 Å². The van der Waals surface area contributed by atoms with Crippen LogP contribution in [0.3, 0.4) is 0 Å². The van der Waals surface area contributed by atoms with Gasteiger partial charge in [-0.2, -0.15) is 0 Å². The highest BCUT2D eigenvalue weighted by atomic mass is 16.2. The summed E-state index contributed by atoms with van der Waals surface area (Å²) in [5.41, 5.74) is 7.41. The van der Waals surface area contributed by atoms with Crippen molar-refractivity contribution >= 4 is 11.6 Å². The number of amides is 1. The number of nitrogens with two attached hydrogens (primary N) is 1. The maximum Gasteiger partial charge on any atom is 0.229 e. The monoisotopic (exact) mass is 234 g/mol. The van der Waals surface area contributed by atoms with Crippen molar-refractivity contribution in [3.8, 4) is 0 Å². The van der Waals surface area contributed by atoms with E-state index in [1.165, 1.54) is 0 Å². The molecular formula is C14H22N2O. The van der Waals surface area contributed by atoms with Crippen molar-refractivity contribution in [2.24, 2.45) is 5.92 Å². The largest absolute Gasteiger partial charge is 0.399 e. The molecule has 17 heavy (non-hydrogen) atoms. The zero-order valence-electron chi connectivity index (χ0n) is 11.1. The van der Waals surface area contributed by atoms with Gasteiger partial charge < -0.3 is 10.6 Å². The van der Waals surface area contributed by atoms with E-state index in [-0.39, 0.29) is 11.8 Å². The molecule has 1 aromatic rings. The minimum absolute atomic E-state index is 0.137. The normalized spacial score (nSPS) is 12.5. The van der Waals surface area contributed by atoms with Gasteiger partial charge in [-0.25, -0.2) is 0 Å². The minimum atomic E-state index is -0.137. The standard InChI is InChI=1S/C14H22N2O/c1-10(2)9-16(4)14(17)11(3)12-6-5-7-13(15)8-12/h5-8,10-11H,9,15H2,1-4H3. The lowest BCUT2D eigenvalue weighted by Crippen LogP contribution is -2.33. The van der Waals surface area contributed by atoms with E-state index in [1.54, 1.807) is 4.90 Å². The van der Waals surface area contributed by atoms with Crippen molar-refractivity contribution in [2.75, 3.05) is 19.3 Å². The van der Waals surface area contributed by atoms with Crippen LogP contribution in [-0.4, -0.2) is 24.4 Å². The van der Waals surface area contributed by atoms with Gasteiger partial charge in [-0.05, 0) is 30.5 Å². The average molecular weight is 234 g/mol. The predicted octanol–water partition coefficient (Wildman–Crippen LogP) is 2.49. The summed E-state index contributed by atoms with van der Waals surface area (Å²) in [6, 6.07) is 7.53. The lowest BCUT2D eigenvalue weighted by molar-refractivity contribution is -0.131. The topological polar surface area (TPSA) is 46.3 Å². The molecule has 0 aliphatic rings. The fraction of sp³-hybridized carbons (Fsp3) is 0.500. The van der Waals surface area contributed by atoms with Gasteiger partial charge in [-0.3, -0.25) is 4.79 Å². The Kier molecular flexibility index (Phi) is 4.55. The van der Waals surface area contributed by atoms with Gasteiger partial charge in [0.05, 0.1) is 5.92 Å². The highest BCUT2D eigenvalue weighted by Crippen LogP contribution is 2.20. The van der Waals surface area contributed by atoms with Gasteiger partial charge in [0.1, 0.15) is 0 Å². The second-order valence-electron chi connectivity index (χ2n) is 5.00. The molecule has 0 bridgehead atoms. The summed E-state index contributed by atoms with van der Waals surface area (Å²) in [4.78, 5) is 14.0. The van der Waals surface area contributed by atoms with Crippen molar-refractivity contribution in [1.82, 2.24) is 4.90 Å². The minimum Gasteiger partial charge on any atom is -0.399 e. The first kappa shape index (κ1) is 13.6. The second kappa shape index (κ2) is 5.71. The van der Waals surface area contributed by atoms with Crippen LogP contribution in [-0.2, 0) is 4.79 Å². The summed E-state index contributed by atoms with van der Waals surface area (Å²) in [6.07, 6.45) is 0. The van der Waals surface area contributed by atoms with Gasteiger partial charge in [0, 0.05) is 19.3 Å². The number of hydrogen-bond donors (Lipinski definition) is 1. The number of carbonyl (C=O) groups excluding carboxylic acids is 1. The van der Waals surface area contributed by atoms with Crippen LogP contribution < -0.4 is 5.73 Å². The van der Waals surface area contributed by atoms with Crippen LogP contribution in [0.15, 0.2) is 24.3 Å². The zero-order valence-corrected chi connectivity index (χ0v) is 11.1. The number of hydrogen-bond acceptors (Lipinski definition) is 2. The molecular weight excluding hydrogens is 212 g/mol. The predicted molar refractivity (Wildman–Crippen MR) is 71.7 cm³/mol. The molecule has 0 aromatic heterocycles. The van der Waals surface area contributed by atoms with E-state index >= 15 is 0 Å². The molecule has 0 saturated heterocycles. The van der Waals surface area contributed by atoms with Gasteiger partial charge in [0.25, 0.3) is 0 Å². The van der Waals surface area contributed by atoms with Crippen LogP contribution in [0.2, 0.25) is 0 Å². The average Bonchev–Trinajstić information content (AvgIpc) is 2.26. The van der Waals surface area contributed by atoms with Gasteiger partial charge in [-0.15, -0.1) is 0 Å². The Labute approximate surface area is 104 Å². The third-order valence-electron chi connectivity index (χ3n) is 2.80. The summed E-state index contributed by atoms with van der Waals surface area (Å²) in [5.74, 6) is 0.489. The number of rotatable bonds is 4. The third-order valence-corrected chi connectivity index (χ3v) is 2.80. The lowest BCUT2D eigenvalue weighted by Gasteiger charge is -2.23. The molecule has 1 rings (SSSR count). The lowest BCUT2D eigenvalue weighted by atomic mass is 9.99. The van der Waals surface area contributed by atoms with Crippen LogP contribution in [0.25, 0.3) is 0 Å². The fourth-order valence-corrected chi connectivity index (χ4v) is 1.94. The van der Waals surface area contributed by atoms with E-state index in [1.807, 2.05) is 38.2 Å². The Hall–Kier alpha value is -1.51. The summed E-state index contributed by atoms with van der Waals surface area (Å²) in [7, 11) is 1.85. The molecule has 1 unspecified atom stereocenters. The Morgan fingerprint density at radius 2 is 2.00 bits per heavy atom. The molecule has 2 N–H and O–H groups in total. The number of anilines is 1. The molecule has 1 amide bonds. The second-order valence-corrected chi connectivity index (χ2v) is 5.00. The molecule has 0 saturated carbocycles. The van der Waals surface area contributed by atoms with Crippen LogP contribution >= 0.6 is 0 Å². The summed E-state index contributed by atoms with van der Waals surface area (Å²) < 4.78 is 0. The molecule has 0 heterocycles. The maximum absolute atomic E-state index is 12.2. The van der Waals surface area contributed by atoms with Crippen molar-refractivity contribution in [2.45, 2.75) is 26.7 Å². The number of nitrogen functional groups attached to an aromatic ring is 1. The first-order valence-corrected chi connectivity index (χ1v) is 6.02. The van der Waals surface area contributed by atoms with Crippen LogP contribution in [0.1, 0.15) is 32.3 Å². The smallest absolute Gasteiger partial charge is 0.229 e. The molecule has 94 valence electrons. The Bertz CT molecular complexity index is 388. The maximum atomic E-state index is 12.2. The van der Waals surface area contributed by atoms with E-state index in [0.29, 0.717) is 11.6 Å². The molecule has 1 atom stereocenters. The van der Waals surface area contributed by atoms with Gasteiger partial charge in [0.15, 0.2) is 0 Å². The number of likely N-dealkylation sites (N-methyl/N-ethyl adjacent to an activating group) is 1. The summed E-state index contributed by atoms with van der Waals surface area (Å²) in [5, 5.41) is 0. The molecule has 3 heteroatoms. The molecule has 0 radical (unpaired) electrons. The molecule has 0 aliphatic carbocycles. The molecule has 3 nitrogen and oxygen atoms in total. The molecule has 0 spiro atoms. The van der Waals surface area contributed by atoms with Crippen LogP contribution in [0.5, 0.6) is 0 Å². The Morgan fingerprint density at radius 1 is 1.35 bits per heavy atom. The quantitative estimate of drug-likeness (QED) is 0.814. The number of benzene rings is 1. The Morgan fingerprint density at radius 3 is 2.53 bits per heavy atom. The molecule has 1 aromatic carbocycles. The van der Waals surface area contributed by atoms with Gasteiger partial charge in [-0.1, -0.05) is 26.0 Å². The highest BCUT2D eigenvalue weighted by molar-refractivity contribution is 5.83. The van der Waals surface area contributed by atoms with Gasteiger partial charge >= 0.3 is 0 Å². The number of carbonyl (C=O) groups is 1. The Balaban J connectivity index is 2.76. The number of nitrogens with zero attached hydrogens (tertiary/aromatic N) is 1. The zero-order chi connectivity index (χ0) is 13.0. The summed E-state index contributed by atoms with van der Waals surface area (Å²) >= 11 is 0. The van der Waals surface area contributed by atoms with Crippen molar-refractivity contribution in [1.29, 1.82) is 0 Å². The third kappa shape index (κ3) is 3.77. The van der Waals surface area contributed by atoms with E-state index < -0.39 is 0 Å². The van der Waals surface area contributed by atoms with Crippen molar-refractivity contribution < 1.29 is 4.79 Å². The SMILES string of the molecule is CC(C)CN(C)C(=O)C(C)c1cccc(N)c1. The fourth-order valence-electron chi connectivity index (χ4n) is 1.94. The van der Waals surface area contributed by atoms with E-state index in [2.05, 4.69) is 13.8 Å². The molecule has 0 aliphatic heterocycles. The first-order chi connectivity index (χ1) is 7.91. The van der Waals surface area contributed by atoms with E-state index in [9.17, 15) is 4.79 Å². The van der Waals surface area contributed by atoms with Gasteiger partial charge in [0.2, 0.25) is 5.91 Å². The van der Waals surface area contributed by atoms with Crippen LogP contribution in [0, 0.1) is 5.92 Å². The first-order valence-electron chi connectivity index (χ1n) is 6.02. The van der Waals surface area contributed by atoms with Crippen molar-refractivity contribution in [3.05, 3.63) is 29.8 Å². The summed E-state index contributed by atoms with van der Waals surface area (Å²) in [6.45, 7) is 6.92. The van der Waals surface area contributed by atoms with Crippen molar-refractivity contribution in [3.63, 3.8) is 0 Å². The highest BCUT2D eigenvalue weighted by Gasteiger charge is 2.19. The molecule has 0 fully saturated rings. The van der Waals surface area contributed by atoms with E-state index in [4.69, 9.17) is 5.73 Å². The van der Waals surface area contributed by atoms with Crippen LogP contribution in [0.4, 0.5) is 5.69 Å².